The highest BCUT2D eigenvalue weighted by Crippen LogP contribution is 2.40. The predicted octanol–water partition coefficient (Wildman–Crippen LogP) is 3.89. The van der Waals surface area contributed by atoms with E-state index in [-0.39, 0.29) is 24.0 Å². The summed E-state index contributed by atoms with van der Waals surface area (Å²) >= 11 is 0. The summed E-state index contributed by atoms with van der Waals surface area (Å²) in [4.78, 5) is 35.6. The van der Waals surface area contributed by atoms with Crippen LogP contribution in [0.15, 0.2) is 78.9 Å². The van der Waals surface area contributed by atoms with Crippen LogP contribution in [-0.4, -0.2) is 37.8 Å². The Hall–Kier alpha value is -4.00. The number of amides is 1. The van der Waals surface area contributed by atoms with Crippen molar-refractivity contribution in [3.05, 3.63) is 95.6 Å². The molecule has 1 aliphatic heterocycles. The highest BCUT2D eigenvalue weighted by Gasteiger charge is 2.46. The molecule has 1 amide bonds. The van der Waals surface area contributed by atoms with E-state index >= 15 is 0 Å². The maximum absolute atomic E-state index is 13.1. The fourth-order valence-electron chi connectivity index (χ4n) is 3.74. The second-order valence-electron chi connectivity index (χ2n) is 7.76. The molecule has 32 heavy (non-hydrogen) atoms. The van der Waals surface area contributed by atoms with E-state index in [0.717, 1.165) is 5.56 Å². The molecule has 3 aromatic rings. The van der Waals surface area contributed by atoms with Gasteiger partial charge in [-0.15, -0.1) is 0 Å². The van der Waals surface area contributed by atoms with Crippen molar-refractivity contribution in [3.63, 3.8) is 0 Å². The van der Waals surface area contributed by atoms with Crippen LogP contribution in [0.2, 0.25) is 0 Å². The van der Waals surface area contributed by atoms with E-state index in [1.54, 1.807) is 67.3 Å². The second kappa shape index (κ2) is 9.01. The molecule has 1 fully saturated rings. The van der Waals surface area contributed by atoms with Gasteiger partial charge in [0.1, 0.15) is 11.5 Å². The number of Topliss-reactive ketones (excluding diaryl/α,β-unsaturated/α-hetero) is 1. The average Bonchev–Trinajstić information content (AvgIpc) is 3.05. The number of rotatable bonds is 6. The third-order valence-corrected chi connectivity index (χ3v) is 5.14. The van der Waals surface area contributed by atoms with Gasteiger partial charge in [-0.3, -0.25) is 19.6 Å². The van der Waals surface area contributed by atoms with Gasteiger partial charge in [0.15, 0.2) is 0 Å². The molecule has 3 heterocycles. The number of hydrogen-bond acceptors (Lipinski definition) is 6. The molecule has 1 N–H and O–H groups in total. The summed E-state index contributed by atoms with van der Waals surface area (Å²) in [5.41, 5.74) is 1.94. The maximum Gasteiger partial charge on any atom is 0.295 e. The number of carbonyl (C=O) groups excluding carboxylic acids is 2. The summed E-state index contributed by atoms with van der Waals surface area (Å²) in [5, 5.41) is 11.1. The van der Waals surface area contributed by atoms with Crippen LogP contribution in [0.5, 0.6) is 5.75 Å². The SMILES string of the molecule is CC(C)Oc1ccc(C(O)=C2C(=O)C(=O)N(Cc3cccnc3)[C@H]2c2ccncc2)cc1. The molecule has 0 bridgehead atoms. The summed E-state index contributed by atoms with van der Waals surface area (Å²) in [6.45, 7) is 4.03. The zero-order valence-corrected chi connectivity index (χ0v) is 17.8. The summed E-state index contributed by atoms with van der Waals surface area (Å²) in [5.74, 6) is -0.970. The lowest BCUT2D eigenvalue weighted by atomic mass is 9.96. The molecule has 1 aromatic carbocycles. The number of ketones is 1. The summed E-state index contributed by atoms with van der Waals surface area (Å²) < 4.78 is 5.65. The van der Waals surface area contributed by atoms with Gasteiger partial charge in [-0.1, -0.05) is 6.07 Å². The Morgan fingerprint density at radius 3 is 2.38 bits per heavy atom. The molecular weight excluding hydrogens is 406 g/mol. The van der Waals surface area contributed by atoms with E-state index in [1.165, 1.54) is 4.90 Å². The number of hydrogen-bond donors (Lipinski definition) is 1. The predicted molar refractivity (Wildman–Crippen MR) is 119 cm³/mol. The molecule has 162 valence electrons. The smallest absolute Gasteiger partial charge is 0.295 e. The summed E-state index contributed by atoms with van der Waals surface area (Å²) in [6, 6.07) is 13.1. The first-order valence-corrected chi connectivity index (χ1v) is 10.3. The van der Waals surface area contributed by atoms with Gasteiger partial charge < -0.3 is 14.7 Å². The Morgan fingerprint density at radius 2 is 1.75 bits per heavy atom. The molecule has 0 aliphatic carbocycles. The number of likely N-dealkylation sites (tertiary alicyclic amines) is 1. The van der Waals surface area contributed by atoms with Crippen molar-refractivity contribution in [3.8, 4) is 5.75 Å². The quantitative estimate of drug-likeness (QED) is 0.363. The van der Waals surface area contributed by atoms with E-state index in [0.29, 0.717) is 16.9 Å². The molecule has 1 saturated heterocycles. The van der Waals surface area contributed by atoms with Crippen LogP contribution in [0.3, 0.4) is 0 Å². The minimum atomic E-state index is -0.746. The molecule has 7 heteroatoms. The topological polar surface area (TPSA) is 92.6 Å². The molecule has 0 unspecified atom stereocenters. The Kier molecular flexibility index (Phi) is 5.98. The van der Waals surface area contributed by atoms with Gasteiger partial charge in [-0.25, -0.2) is 0 Å². The van der Waals surface area contributed by atoms with E-state index in [1.807, 2.05) is 19.9 Å². The van der Waals surface area contributed by atoms with Crippen molar-refractivity contribution < 1.29 is 19.4 Å². The summed E-state index contributed by atoms with van der Waals surface area (Å²) in [6.07, 6.45) is 6.50. The number of ether oxygens (including phenoxy) is 1. The Morgan fingerprint density at radius 1 is 1.03 bits per heavy atom. The number of carbonyl (C=O) groups is 2. The normalized spacial score (nSPS) is 17.7. The van der Waals surface area contributed by atoms with Crippen LogP contribution in [0.25, 0.3) is 5.76 Å². The van der Waals surface area contributed by atoms with Crippen molar-refractivity contribution in [2.45, 2.75) is 32.5 Å². The standard InChI is InChI=1S/C25H23N3O4/c1-16(2)32-20-7-5-19(6-8-20)23(29)21-22(18-9-12-26-13-10-18)28(25(31)24(21)30)15-17-4-3-11-27-14-17/h3-14,16,22,29H,15H2,1-2H3/t22-/m0/s1. The fraction of sp³-hybridized carbons (Fsp3) is 0.200. The largest absolute Gasteiger partial charge is 0.507 e. The fourth-order valence-corrected chi connectivity index (χ4v) is 3.74. The molecular formula is C25H23N3O4. The first-order valence-electron chi connectivity index (χ1n) is 10.3. The van der Waals surface area contributed by atoms with Gasteiger partial charge in [-0.2, -0.15) is 0 Å². The molecule has 4 rings (SSSR count). The second-order valence-corrected chi connectivity index (χ2v) is 7.76. The van der Waals surface area contributed by atoms with Gasteiger partial charge in [0, 0.05) is 36.9 Å². The lowest BCUT2D eigenvalue weighted by Gasteiger charge is -2.25. The van der Waals surface area contributed by atoms with Gasteiger partial charge >= 0.3 is 0 Å². The number of aromatic nitrogens is 2. The van der Waals surface area contributed by atoms with Gasteiger partial charge in [0.25, 0.3) is 11.7 Å². The highest BCUT2D eigenvalue weighted by molar-refractivity contribution is 6.46. The third kappa shape index (κ3) is 4.23. The summed E-state index contributed by atoms with van der Waals surface area (Å²) in [7, 11) is 0. The monoisotopic (exact) mass is 429 g/mol. The zero-order chi connectivity index (χ0) is 22.7. The van der Waals surface area contributed by atoms with Crippen molar-refractivity contribution in [1.29, 1.82) is 0 Å². The van der Waals surface area contributed by atoms with Crippen molar-refractivity contribution in [2.75, 3.05) is 0 Å². The van der Waals surface area contributed by atoms with E-state index in [9.17, 15) is 14.7 Å². The van der Waals surface area contributed by atoms with E-state index < -0.39 is 17.7 Å². The highest BCUT2D eigenvalue weighted by atomic mass is 16.5. The lowest BCUT2D eigenvalue weighted by Crippen LogP contribution is -2.29. The molecule has 7 nitrogen and oxygen atoms in total. The number of pyridine rings is 2. The Bertz CT molecular complexity index is 1140. The molecule has 0 radical (unpaired) electrons. The molecule has 2 aromatic heterocycles. The molecule has 1 atom stereocenters. The number of aliphatic hydroxyl groups is 1. The number of aliphatic hydroxyl groups excluding tert-OH is 1. The first-order chi connectivity index (χ1) is 15.5. The maximum atomic E-state index is 13.1. The van der Waals surface area contributed by atoms with Crippen LogP contribution in [-0.2, 0) is 16.1 Å². The number of benzene rings is 1. The molecule has 1 aliphatic rings. The van der Waals surface area contributed by atoms with Gasteiger partial charge in [0.2, 0.25) is 0 Å². The van der Waals surface area contributed by atoms with Gasteiger partial charge in [-0.05, 0) is 67.4 Å². The van der Waals surface area contributed by atoms with Crippen LogP contribution >= 0.6 is 0 Å². The van der Waals surface area contributed by atoms with Crippen molar-refractivity contribution >= 4 is 17.4 Å². The Balaban J connectivity index is 1.78. The number of nitrogens with zero attached hydrogens (tertiary/aromatic N) is 3. The van der Waals surface area contributed by atoms with Crippen LogP contribution in [0, 0.1) is 0 Å². The van der Waals surface area contributed by atoms with Gasteiger partial charge in [0.05, 0.1) is 17.7 Å². The minimum absolute atomic E-state index is 0.0129. The van der Waals surface area contributed by atoms with Crippen molar-refractivity contribution in [1.82, 2.24) is 14.9 Å². The van der Waals surface area contributed by atoms with E-state index in [2.05, 4.69) is 9.97 Å². The van der Waals surface area contributed by atoms with Crippen LogP contribution in [0.4, 0.5) is 0 Å². The minimum Gasteiger partial charge on any atom is -0.507 e. The average molecular weight is 429 g/mol. The lowest BCUT2D eigenvalue weighted by molar-refractivity contribution is -0.140. The molecule has 0 saturated carbocycles. The molecule has 0 spiro atoms. The van der Waals surface area contributed by atoms with Crippen molar-refractivity contribution in [2.24, 2.45) is 0 Å². The first kappa shape index (κ1) is 21.2. The van der Waals surface area contributed by atoms with Crippen LogP contribution in [0.1, 0.15) is 36.6 Å². The van der Waals surface area contributed by atoms with E-state index in [4.69, 9.17) is 4.74 Å². The third-order valence-electron chi connectivity index (χ3n) is 5.14. The Labute approximate surface area is 186 Å². The zero-order valence-electron chi connectivity index (χ0n) is 17.8. The van der Waals surface area contributed by atoms with Crippen LogP contribution < -0.4 is 4.74 Å².